The van der Waals surface area contributed by atoms with E-state index >= 15 is 0 Å². The number of fused-ring (bicyclic) bond motifs is 1. The predicted octanol–water partition coefficient (Wildman–Crippen LogP) is 4.35. The van der Waals surface area contributed by atoms with Crippen LogP contribution in [0.5, 0.6) is 0 Å². The van der Waals surface area contributed by atoms with Gasteiger partial charge in [-0.1, -0.05) is 6.92 Å². The van der Waals surface area contributed by atoms with Gasteiger partial charge in [-0.3, -0.25) is 4.98 Å². The molecule has 5 heteroatoms. The summed E-state index contributed by atoms with van der Waals surface area (Å²) >= 11 is 4.12. The molecule has 0 amide bonds. The van der Waals surface area contributed by atoms with Crippen LogP contribution < -0.4 is 0 Å². The van der Waals surface area contributed by atoms with Crippen molar-refractivity contribution in [2.24, 2.45) is 7.05 Å². The zero-order chi connectivity index (χ0) is 14.1. The largest absolute Gasteiger partial charge is 0.326 e. The summed E-state index contributed by atoms with van der Waals surface area (Å²) in [4.78, 5) is 10.5. The minimum atomic E-state index is 0.929. The second-order valence-electron chi connectivity index (χ2n) is 4.41. The van der Waals surface area contributed by atoms with E-state index < -0.39 is 0 Å². The van der Waals surface area contributed by atoms with Gasteiger partial charge in [-0.15, -0.1) is 11.8 Å². The molecule has 0 aliphatic rings. The molecule has 102 valence electrons. The molecular formula is C15H14IN3S. The van der Waals surface area contributed by atoms with Crippen LogP contribution in [-0.4, -0.2) is 20.3 Å². The number of imidazole rings is 1. The maximum absolute atomic E-state index is 4.77. The monoisotopic (exact) mass is 395 g/mol. The van der Waals surface area contributed by atoms with E-state index in [0.29, 0.717) is 0 Å². The minimum Gasteiger partial charge on any atom is -0.326 e. The Morgan fingerprint density at radius 1 is 1.30 bits per heavy atom. The van der Waals surface area contributed by atoms with Crippen molar-refractivity contribution in [2.75, 3.05) is 5.75 Å². The fourth-order valence-corrected chi connectivity index (χ4v) is 3.46. The van der Waals surface area contributed by atoms with Crippen molar-refractivity contribution >= 4 is 45.4 Å². The zero-order valence-electron chi connectivity index (χ0n) is 11.3. The number of rotatable bonds is 3. The van der Waals surface area contributed by atoms with Gasteiger partial charge < -0.3 is 4.57 Å². The number of hydrogen-bond acceptors (Lipinski definition) is 3. The van der Waals surface area contributed by atoms with E-state index in [1.165, 1.54) is 8.47 Å². The Hall–Kier alpha value is -1.08. The van der Waals surface area contributed by atoms with E-state index in [-0.39, 0.29) is 0 Å². The smallest absolute Gasteiger partial charge is 0.160 e. The van der Waals surface area contributed by atoms with Crippen molar-refractivity contribution in [3.8, 4) is 11.5 Å². The van der Waals surface area contributed by atoms with Gasteiger partial charge in [0.05, 0.1) is 11.0 Å². The Labute approximate surface area is 136 Å². The Morgan fingerprint density at radius 3 is 2.95 bits per heavy atom. The van der Waals surface area contributed by atoms with Crippen LogP contribution in [0, 0.1) is 3.57 Å². The first kappa shape index (κ1) is 13.9. The fourth-order valence-electron chi connectivity index (χ4n) is 2.22. The summed E-state index contributed by atoms with van der Waals surface area (Å²) in [6, 6.07) is 10.4. The molecule has 0 aliphatic heterocycles. The number of nitrogens with zero attached hydrogens (tertiary/aromatic N) is 3. The molecule has 1 aromatic carbocycles. The number of aryl methyl sites for hydroxylation is 1. The highest BCUT2D eigenvalue weighted by atomic mass is 127. The predicted molar refractivity (Wildman–Crippen MR) is 93.1 cm³/mol. The highest BCUT2D eigenvalue weighted by Crippen LogP contribution is 2.30. The third-order valence-corrected chi connectivity index (χ3v) is 4.73. The van der Waals surface area contributed by atoms with Gasteiger partial charge in [0.25, 0.3) is 0 Å². The molecule has 3 aromatic rings. The lowest BCUT2D eigenvalue weighted by atomic mass is 10.3. The van der Waals surface area contributed by atoms with Crippen LogP contribution >= 0.6 is 34.4 Å². The number of benzene rings is 1. The van der Waals surface area contributed by atoms with Crippen molar-refractivity contribution in [3.63, 3.8) is 0 Å². The summed E-state index contributed by atoms with van der Waals surface area (Å²) in [5, 5.41) is 0. The third kappa shape index (κ3) is 2.44. The second kappa shape index (κ2) is 5.73. The first-order chi connectivity index (χ1) is 9.70. The Bertz CT molecular complexity index is 767. The normalized spacial score (nSPS) is 11.2. The first-order valence-electron chi connectivity index (χ1n) is 6.41. The molecule has 0 saturated heterocycles. The summed E-state index contributed by atoms with van der Waals surface area (Å²) in [5.41, 5.74) is 3.12. The third-order valence-electron chi connectivity index (χ3n) is 3.13. The van der Waals surface area contributed by atoms with Crippen LogP contribution in [0.1, 0.15) is 6.92 Å². The van der Waals surface area contributed by atoms with Crippen LogP contribution in [-0.2, 0) is 7.05 Å². The average Bonchev–Trinajstić information content (AvgIpc) is 2.76. The number of aromatic nitrogens is 3. The van der Waals surface area contributed by atoms with Gasteiger partial charge >= 0.3 is 0 Å². The van der Waals surface area contributed by atoms with Gasteiger partial charge in [0.2, 0.25) is 0 Å². The van der Waals surface area contributed by atoms with Crippen LogP contribution in [0.4, 0.5) is 0 Å². The highest BCUT2D eigenvalue weighted by Gasteiger charge is 2.14. The molecule has 0 saturated carbocycles. The van der Waals surface area contributed by atoms with E-state index in [4.69, 9.17) is 4.98 Å². The van der Waals surface area contributed by atoms with Crippen molar-refractivity contribution in [2.45, 2.75) is 11.8 Å². The summed E-state index contributed by atoms with van der Waals surface area (Å²) in [5.74, 6) is 1.96. The summed E-state index contributed by atoms with van der Waals surface area (Å²) in [6.45, 7) is 2.15. The molecule has 0 fully saturated rings. The maximum atomic E-state index is 4.77. The molecule has 0 N–H and O–H groups in total. The quantitative estimate of drug-likeness (QED) is 0.488. The molecule has 0 unspecified atom stereocenters. The average molecular weight is 395 g/mol. The van der Waals surface area contributed by atoms with Crippen molar-refractivity contribution in [1.29, 1.82) is 0 Å². The first-order valence-corrected chi connectivity index (χ1v) is 8.47. The van der Waals surface area contributed by atoms with E-state index in [0.717, 1.165) is 28.3 Å². The summed E-state index contributed by atoms with van der Waals surface area (Å²) in [6.07, 6.45) is 1.83. The van der Waals surface area contributed by atoms with E-state index in [1.54, 1.807) is 11.8 Å². The van der Waals surface area contributed by atoms with Crippen LogP contribution in [0.2, 0.25) is 0 Å². The minimum absolute atomic E-state index is 0.929. The topological polar surface area (TPSA) is 30.7 Å². The molecule has 0 bridgehead atoms. The molecule has 20 heavy (non-hydrogen) atoms. The van der Waals surface area contributed by atoms with Gasteiger partial charge in [0.1, 0.15) is 5.69 Å². The van der Waals surface area contributed by atoms with Crippen molar-refractivity contribution in [1.82, 2.24) is 14.5 Å². The lowest BCUT2D eigenvalue weighted by Crippen LogP contribution is -1.96. The van der Waals surface area contributed by atoms with Crippen LogP contribution in [0.3, 0.4) is 0 Å². The molecular weight excluding hydrogens is 381 g/mol. The van der Waals surface area contributed by atoms with Gasteiger partial charge in [-0.05, 0) is 58.7 Å². The van der Waals surface area contributed by atoms with E-state index in [9.17, 15) is 0 Å². The Kier molecular flexibility index (Phi) is 3.98. The maximum Gasteiger partial charge on any atom is 0.160 e. The SMILES string of the molecule is CCSc1cccnc1-c1nc2cc(I)ccc2n1C. The van der Waals surface area contributed by atoms with Gasteiger partial charge in [0.15, 0.2) is 5.82 Å². The van der Waals surface area contributed by atoms with E-state index in [2.05, 4.69) is 63.3 Å². The van der Waals surface area contributed by atoms with Gasteiger partial charge in [-0.2, -0.15) is 0 Å². The van der Waals surface area contributed by atoms with Crippen molar-refractivity contribution in [3.05, 3.63) is 40.1 Å². The number of hydrogen-bond donors (Lipinski definition) is 0. The molecule has 3 rings (SSSR count). The summed E-state index contributed by atoms with van der Waals surface area (Å²) < 4.78 is 3.32. The molecule has 2 aromatic heterocycles. The van der Waals surface area contributed by atoms with Gasteiger partial charge in [0, 0.05) is 21.7 Å². The molecule has 0 atom stereocenters. The zero-order valence-corrected chi connectivity index (χ0v) is 14.3. The molecule has 0 aliphatic carbocycles. The van der Waals surface area contributed by atoms with Gasteiger partial charge in [-0.25, -0.2) is 4.98 Å². The number of halogens is 1. The van der Waals surface area contributed by atoms with Crippen molar-refractivity contribution < 1.29 is 0 Å². The molecule has 2 heterocycles. The Balaban J connectivity index is 2.22. The van der Waals surface area contributed by atoms with Crippen LogP contribution in [0.15, 0.2) is 41.4 Å². The summed E-state index contributed by atoms with van der Waals surface area (Å²) in [7, 11) is 2.05. The number of thioether (sulfide) groups is 1. The second-order valence-corrected chi connectivity index (χ2v) is 6.96. The molecule has 0 radical (unpaired) electrons. The number of pyridine rings is 1. The highest BCUT2D eigenvalue weighted by molar-refractivity contribution is 14.1. The molecule has 0 spiro atoms. The fraction of sp³-hybridized carbons (Fsp3) is 0.200. The van der Waals surface area contributed by atoms with E-state index in [1.807, 2.05) is 19.3 Å². The van der Waals surface area contributed by atoms with Crippen LogP contribution in [0.25, 0.3) is 22.6 Å². The lowest BCUT2D eigenvalue weighted by Gasteiger charge is -2.06. The lowest BCUT2D eigenvalue weighted by molar-refractivity contribution is 0.943. The molecule has 3 nitrogen and oxygen atoms in total. The Morgan fingerprint density at radius 2 is 2.15 bits per heavy atom. The standard InChI is InChI=1S/C15H14IN3S/c1-3-20-13-5-4-8-17-14(13)15-18-11-9-10(16)6-7-12(11)19(15)2/h4-9H,3H2,1-2H3.